The first-order chi connectivity index (χ1) is 18.4. The molecule has 1 aliphatic heterocycles. The Bertz CT molecular complexity index is 1620. The Kier molecular flexibility index (Phi) is 5.91. The third-order valence-corrected chi connectivity index (χ3v) is 10.9. The quantitative estimate of drug-likeness (QED) is 0.457. The standard InChI is InChI=1S/C26H30FN7O3S2/c1-16(2)22(35)33-10-8-26(27,9-11-33)18-12-17(39(36,37)32-24(3)4-5-24)14-34-19(18)13-29-20(34)21-30-31-23(38-21)25(15-28)6-7-25/h12-14,16,32H,4-11H2,1-3H3. The van der Waals surface area contributed by atoms with Gasteiger partial charge in [-0.3, -0.25) is 9.20 Å². The predicted molar refractivity (Wildman–Crippen MR) is 142 cm³/mol. The number of carbonyl (C=O) groups is 1. The molecule has 2 aliphatic carbocycles. The molecule has 4 heterocycles. The fourth-order valence-electron chi connectivity index (χ4n) is 5.13. The first-order valence-corrected chi connectivity index (χ1v) is 15.5. The van der Waals surface area contributed by atoms with Crippen molar-refractivity contribution in [2.75, 3.05) is 13.1 Å². The van der Waals surface area contributed by atoms with E-state index in [0.717, 1.165) is 25.7 Å². The first-order valence-electron chi connectivity index (χ1n) is 13.2. The van der Waals surface area contributed by atoms with E-state index in [4.69, 9.17) is 0 Å². The van der Waals surface area contributed by atoms with Crippen LogP contribution in [0.1, 0.15) is 69.9 Å². The molecular weight excluding hydrogens is 541 g/mol. The van der Waals surface area contributed by atoms with E-state index < -0.39 is 26.6 Å². The first kappa shape index (κ1) is 26.3. The molecule has 13 heteroatoms. The second kappa shape index (κ2) is 8.78. The summed E-state index contributed by atoms with van der Waals surface area (Å²) in [6.07, 6.45) is 5.98. The van der Waals surface area contributed by atoms with Crippen molar-refractivity contribution in [3.8, 4) is 16.9 Å². The van der Waals surface area contributed by atoms with Gasteiger partial charge in [0.05, 0.1) is 22.7 Å². The largest absolute Gasteiger partial charge is 0.342 e. The van der Waals surface area contributed by atoms with E-state index in [1.807, 2.05) is 20.8 Å². The Balaban J connectivity index is 1.44. The number of carbonyl (C=O) groups excluding carboxylic acids is 1. The summed E-state index contributed by atoms with van der Waals surface area (Å²) in [5, 5.41) is 19.1. The molecule has 1 amide bonds. The number of rotatable bonds is 7. The molecule has 0 bridgehead atoms. The van der Waals surface area contributed by atoms with Crippen LogP contribution in [0.4, 0.5) is 4.39 Å². The van der Waals surface area contributed by atoms with Crippen LogP contribution in [0.5, 0.6) is 0 Å². The van der Waals surface area contributed by atoms with E-state index in [1.165, 1.54) is 29.8 Å². The highest BCUT2D eigenvalue weighted by molar-refractivity contribution is 7.89. The zero-order valence-electron chi connectivity index (χ0n) is 22.1. The number of aromatic nitrogens is 4. The number of alkyl halides is 1. The maximum atomic E-state index is 16.8. The van der Waals surface area contributed by atoms with Gasteiger partial charge in [0.1, 0.15) is 16.1 Å². The minimum atomic E-state index is -3.96. The van der Waals surface area contributed by atoms with Crippen LogP contribution in [0.15, 0.2) is 23.4 Å². The lowest BCUT2D eigenvalue weighted by Gasteiger charge is -2.37. The van der Waals surface area contributed by atoms with Crippen LogP contribution in [-0.4, -0.2) is 57.4 Å². The fourth-order valence-corrected chi connectivity index (χ4v) is 7.65. The Morgan fingerprint density at radius 2 is 1.87 bits per heavy atom. The number of piperidine rings is 1. The minimum absolute atomic E-state index is 0.0232. The fraction of sp³-hybridized carbons (Fsp3) is 0.577. The number of sulfonamides is 1. The average Bonchev–Trinajstić information content (AvgIpc) is 3.73. The van der Waals surface area contributed by atoms with Crippen molar-refractivity contribution in [2.45, 2.75) is 80.8 Å². The highest BCUT2D eigenvalue weighted by Gasteiger charge is 2.48. The molecule has 3 aromatic rings. The van der Waals surface area contributed by atoms with Crippen LogP contribution in [0.3, 0.4) is 0 Å². The van der Waals surface area contributed by atoms with Crippen molar-refractivity contribution in [3.05, 3.63) is 29.0 Å². The van der Waals surface area contributed by atoms with Crippen molar-refractivity contribution >= 4 is 32.8 Å². The van der Waals surface area contributed by atoms with E-state index in [2.05, 4.69) is 26.0 Å². The number of nitriles is 1. The van der Waals surface area contributed by atoms with E-state index in [9.17, 15) is 18.5 Å². The molecule has 0 unspecified atom stereocenters. The summed E-state index contributed by atoms with van der Waals surface area (Å²) in [5.74, 6) is 0.136. The number of fused-ring (bicyclic) bond motifs is 1. The number of likely N-dealkylation sites (tertiary alicyclic amines) is 1. The SMILES string of the molecule is CC(C)C(=O)N1CCC(F)(c2cc(S(=O)(=O)NC3(C)CC3)cn3c(-c4nnc(C5(C#N)CC5)s4)ncc23)CC1. The number of amides is 1. The molecule has 3 aliphatic rings. The van der Waals surface area contributed by atoms with Crippen molar-refractivity contribution in [3.63, 3.8) is 0 Å². The van der Waals surface area contributed by atoms with Gasteiger partial charge in [-0.2, -0.15) is 5.26 Å². The number of imidazole rings is 1. The number of hydrogen-bond donors (Lipinski definition) is 1. The van der Waals surface area contributed by atoms with Gasteiger partial charge in [-0.05, 0) is 38.7 Å². The lowest BCUT2D eigenvalue weighted by molar-refractivity contribution is -0.137. The van der Waals surface area contributed by atoms with Crippen LogP contribution >= 0.6 is 11.3 Å². The number of nitrogens with zero attached hydrogens (tertiary/aromatic N) is 6. The molecule has 0 aromatic carbocycles. The highest BCUT2D eigenvalue weighted by atomic mass is 32.2. The number of hydrogen-bond acceptors (Lipinski definition) is 8. The van der Waals surface area contributed by atoms with Crippen LogP contribution in [0, 0.1) is 17.2 Å². The molecule has 39 heavy (non-hydrogen) atoms. The Labute approximate surface area is 230 Å². The predicted octanol–water partition coefficient (Wildman–Crippen LogP) is 3.68. The van der Waals surface area contributed by atoms with Crippen LogP contribution in [0.25, 0.3) is 16.3 Å². The molecule has 0 radical (unpaired) electrons. The smallest absolute Gasteiger partial charge is 0.242 e. The average molecular weight is 572 g/mol. The summed E-state index contributed by atoms with van der Waals surface area (Å²) in [4.78, 5) is 18.6. The molecule has 0 spiro atoms. The van der Waals surface area contributed by atoms with Crippen LogP contribution in [0.2, 0.25) is 0 Å². The number of nitrogens with one attached hydrogen (secondary N) is 1. The minimum Gasteiger partial charge on any atom is -0.342 e. The summed E-state index contributed by atoms with van der Waals surface area (Å²) >= 11 is 1.25. The summed E-state index contributed by atoms with van der Waals surface area (Å²) in [6, 6.07) is 3.72. The molecule has 3 fully saturated rings. The Hall–Kier alpha value is -2.95. The van der Waals surface area contributed by atoms with Gasteiger partial charge in [0.15, 0.2) is 10.8 Å². The normalized spacial score (nSPS) is 21.2. The zero-order valence-corrected chi connectivity index (χ0v) is 23.7. The summed E-state index contributed by atoms with van der Waals surface area (Å²) in [6.45, 7) is 5.96. The van der Waals surface area contributed by atoms with Gasteiger partial charge in [0, 0.05) is 49.1 Å². The lowest BCUT2D eigenvalue weighted by Crippen LogP contribution is -2.45. The van der Waals surface area contributed by atoms with E-state index in [1.54, 1.807) is 9.30 Å². The summed E-state index contributed by atoms with van der Waals surface area (Å²) < 4.78 is 48.0. The van der Waals surface area contributed by atoms with Crippen LogP contribution < -0.4 is 4.72 Å². The van der Waals surface area contributed by atoms with Crippen molar-refractivity contribution in [1.29, 1.82) is 5.26 Å². The molecule has 1 saturated heterocycles. The van der Waals surface area contributed by atoms with Crippen LogP contribution in [-0.2, 0) is 25.9 Å². The molecule has 6 rings (SSSR count). The van der Waals surface area contributed by atoms with Gasteiger partial charge in [-0.15, -0.1) is 10.2 Å². The van der Waals surface area contributed by atoms with E-state index in [0.29, 0.717) is 21.4 Å². The third kappa shape index (κ3) is 4.52. The molecule has 2 saturated carbocycles. The molecular formula is C26H30FN7O3S2. The number of halogens is 1. The molecule has 3 aromatic heterocycles. The summed E-state index contributed by atoms with van der Waals surface area (Å²) in [7, 11) is -3.96. The highest BCUT2D eigenvalue weighted by Crippen LogP contribution is 2.49. The van der Waals surface area contributed by atoms with Gasteiger partial charge in [0.2, 0.25) is 15.9 Å². The molecule has 1 N–H and O–H groups in total. The second-order valence-corrected chi connectivity index (χ2v) is 14.3. The second-order valence-electron chi connectivity index (χ2n) is 11.6. The maximum Gasteiger partial charge on any atom is 0.242 e. The van der Waals surface area contributed by atoms with Gasteiger partial charge in [-0.1, -0.05) is 25.2 Å². The Morgan fingerprint density at radius 1 is 1.18 bits per heavy atom. The van der Waals surface area contributed by atoms with Crippen molar-refractivity contribution in [1.82, 2.24) is 29.2 Å². The van der Waals surface area contributed by atoms with Gasteiger partial charge >= 0.3 is 0 Å². The molecule has 0 atom stereocenters. The van der Waals surface area contributed by atoms with Gasteiger partial charge in [-0.25, -0.2) is 22.5 Å². The monoisotopic (exact) mass is 571 g/mol. The number of pyridine rings is 1. The van der Waals surface area contributed by atoms with Crippen molar-refractivity contribution in [2.24, 2.45) is 5.92 Å². The lowest BCUT2D eigenvalue weighted by atomic mass is 9.85. The topological polar surface area (TPSA) is 133 Å². The zero-order chi connectivity index (χ0) is 27.8. The Morgan fingerprint density at radius 3 is 2.46 bits per heavy atom. The third-order valence-electron chi connectivity index (χ3n) is 8.14. The van der Waals surface area contributed by atoms with Crippen molar-refractivity contribution < 1.29 is 17.6 Å². The van der Waals surface area contributed by atoms with E-state index in [-0.39, 0.29) is 48.2 Å². The van der Waals surface area contributed by atoms with E-state index >= 15 is 4.39 Å². The molecule has 206 valence electrons. The maximum absolute atomic E-state index is 16.8. The summed E-state index contributed by atoms with van der Waals surface area (Å²) in [5.41, 5.74) is -2.32. The van der Waals surface area contributed by atoms with Gasteiger partial charge < -0.3 is 4.90 Å². The van der Waals surface area contributed by atoms with Gasteiger partial charge in [0.25, 0.3) is 0 Å². The molecule has 10 nitrogen and oxygen atoms in total.